The van der Waals surface area contributed by atoms with Gasteiger partial charge >= 0.3 is 5.97 Å². The van der Waals surface area contributed by atoms with Crippen LogP contribution >= 0.6 is 0 Å². The van der Waals surface area contributed by atoms with Crippen molar-refractivity contribution in [3.05, 3.63) is 41.2 Å². The molecule has 152 valence electrons. The van der Waals surface area contributed by atoms with E-state index in [-0.39, 0.29) is 18.2 Å². The third-order valence-corrected chi connectivity index (χ3v) is 6.04. The van der Waals surface area contributed by atoms with Crippen LogP contribution in [0.1, 0.15) is 42.6 Å². The third kappa shape index (κ3) is 3.81. The second kappa shape index (κ2) is 7.81. The van der Waals surface area contributed by atoms with Gasteiger partial charge in [-0.25, -0.2) is 9.50 Å². The number of carbonyl (C=O) groups is 2. The molecule has 0 bridgehead atoms. The number of fused-ring (bicyclic) bond motifs is 3. The number of benzene rings is 1. The molecule has 1 N–H and O–H groups in total. The summed E-state index contributed by atoms with van der Waals surface area (Å²) >= 11 is 0. The van der Waals surface area contributed by atoms with Gasteiger partial charge in [-0.1, -0.05) is 12.1 Å². The van der Waals surface area contributed by atoms with E-state index in [9.17, 15) is 9.59 Å². The summed E-state index contributed by atoms with van der Waals surface area (Å²) in [6.07, 6.45) is 2.79. The second-order valence-electron chi connectivity index (χ2n) is 7.94. The van der Waals surface area contributed by atoms with E-state index in [1.54, 1.807) is 0 Å². The van der Waals surface area contributed by atoms with Crippen LogP contribution in [0.5, 0.6) is 0 Å². The molecule has 0 aliphatic carbocycles. The van der Waals surface area contributed by atoms with E-state index in [1.807, 2.05) is 47.5 Å². The largest absolute Gasteiger partial charge is 0.481 e. The summed E-state index contributed by atoms with van der Waals surface area (Å²) in [6, 6.07) is 7.97. The van der Waals surface area contributed by atoms with Crippen LogP contribution in [0.25, 0.3) is 16.6 Å². The van der Waals surface area contributed by atoms with Gasteiger partial charge in [0.1, 0.15) is 0 Å². The van der Waals surface area contributed by atoms with Gasteiger partial charge in [0.15, 0.2) is 5.65 Å². The highest BCUT2D eigenvalue weighted by atomic mass is 16.4. The first-order chi connectivity index (χ1) is 13.9. The first kappa shape index (κ1) is 19.4. The van der Waals surface area contributed by atoms with Gasteiger partial charge in [-0.15, -0.1) is 0 Å². The first-order valence-corrected chi connectivity index (χ1v) is 10.2. The Morgan fingerprint density at radius 1 is 1.17 bits per heavy atom. The highest BCUT2D eigenvalue weighted by molar-refractivity contribution is 5.92. The average Bonchev–Trinajstić information content (AvgIpc) is 3.06. The lowest BCUT2D eigenvalue weighted by molar-refractivity contribution is -0.138. The number of hydrogen-bond donors (Lipinski definition) is 1. The number of hydrogen-bond acceptors (Lipinski definition) is 4. The molecule has 1 aliphatic heterocycles. The molecule has 0 spiro atoms. The molecule has 0 atom stereocenters. The zero-order valence-corrected chi connectivity index (χ0v) is 16.9. The standard InChI is InChI=1S/C22H26N4O3/c1-14-17(7-8-20(27)25-11-9-16(10-12-25)13-21(28)29)15(2)26-22(23-14)18-5-3-4-6-19(18)24-26/h3-6,16H,7-13H2,1-2H3,(H,28,29). The smallest absolute Gasteiger partial charge is 0.303 e. The number of piperidine rings is 1. The van der Waals surface area contributed by atoms with Gasteiger partial charge in [0.25, 0.3) is 0 Å². The Balaban J connectivity index is 1.46. The van der Waals surface area contributed by atoms with E-state index in [0.29, 0.717) is 25.9 Å². The summed E-state index contributed by atoms with van der Waals surface area (Å²) in [5.74, 6) is -0.445. The van der Waals surface area contributed by atoms with Gasteiger partial charge in [0.05, 0.1) is 5.52 Å². The van der Waals surface area contributed by atoms with Gasteiger partial charge < -0.3 is 10.0 Å². The van der Waals surface area contributed by atoms with Gasteiger partial charge in [0.2, 0.25) is 5.91 Å². The molecular weight excluding hydrogens is 368 g/mol. The summed E-state index contributed by atoms with van der Waals surface area (Å²) < 4.78 is 1.88. The minimum Gasteiger partial charge on any atom is -0.481 e. The zero-order valence-electron chi connectivity index (χ0n) is 16.9. The van der Waals surface area contributed by atoms with Crippen molar-refractivity contribution in [3.63, 3.8) is 0 Å². The summed E-state index contributed by atoms with van der Waals surface area (Å²) in [4.78, 5) is 30.2. The predicted octanol–water partition coefficient (Wildman–Crippen LogP) is 3.15. The Kier molecular flexibility index (Phi) is 5.22. The van der Waals surface area contributed by atoms with Crippen molar-refractivity contribution >= 4 is 28.4 Å². The summed E-state index contributed by atoms with van der Waals surface area (Å²) in [7, 11) is 0. The highest BCUT2D eigenvalue weighted by Crippen LogP contribution is 2.24. The van der Waals surface area contributed by atoms with E-state index in [4.69, 9.17) is 10.1 Å². The lowest BCUT2D eigenvalue weighted by Gasteiger charge is -2.31. The Labute approximate surface area is 169 Å². The van der Waals surface area contributed by atoms with Gasteiger partial charge in [-0.2, -0.15) is 5.10 Å². The van der Waals surface area contributed by atoms with Crippen molar-refractivity contribution in [1.29, 1.82) is 0 Å². The van der Waals surface area contributed by atoms with Crippen LogP contribution < -0.4 is 0 Å². The fraction of sp³-hybridized carbons (Fsp3) is 0.455. The molecule has 7 heteroatoms. The molecule has 0 saturated carbocycles. The monoisotopic (exact) mass is 394 g/mol. The SMILES string of the molecule is Cc1nc2c3ccccc3nn2c(C)c1CCC(=O)N1CCC(CC(=O)O)CC1. The molecular formula is C22H26N4O3. The number of carbonyl (C=O) groups excluding carboxylic acids is 1. The van der Waals surface area contributed by atoms with Crippen LogP contribution in [-0.4, -0.2) is 49.6 Å². The highest BCUT2D eigenvalue weighted by Gasteiger charge is 2.24. The van der Waals surface area contributed by atoms with Crippen molar-refractivity contribution in [1.82, 2.24) is 19.5 Å². The number of carboxylic acids is 1. The number of nitrogens with zero attached hydrogens (tertiary/aromatic N) is 4. The number of amides is 1. The molecule has 29 heavy (non-hydrogen) atoms. The molecule has 1 saturated heterocycles. The molecule has 1 amide bonds. The lowest BCUT2D eigenvalue weighted by Crippen LogP contribution is -2.39. The lowest BCUT2D eigenvalue weighted by atomic mass is 9.93. The van der Waals surface area contributed by atoms with E-state index < -0.39 is 5.97 Å². The maximum absolute atomic E-state index is 12.7. The van der Waals surface area contributed by atoms with Crippen molar-refractivity contribution in [2.45, 2.75) is 46.0 Å². The van der Waals surface area contributed by atoms with Gasteiger partial charge in [-0.05, 0) is 56.7 Å². The fourth-order valence-electron chi connectivity index (χ4n) is 4.36. The van der Waals surface area contributed by atoms with Crippen LogP contribution in [0.15, 0.2) is 24.3 Å². The van der Waals surface area contributed by atoms with E-state index >= 15 is 0 Å². The number of rotatable bonds is 5. The molecule has 3 heterocycles. The summed E-state index contributed by atoms with van der Waals surface area (Å²) in [5, 5.41) is 14.6. The van der Waals surface area contributed by atoms with Crippen molar-refractivity contribution in [3.8, 4) is 0 Å². The molecule has 1 aromatic carbocycles. The van der Waals surface area contributed by atoms with Crippen LogP contribution in [-0.2, 0) is 16.0 Å². The third-order valence-electron chi connectivity index (χ3n) is 6.04. The van der Waals surface area contributed by atoms with Gasteiger partial charge in [0, 0.05) is 42.7 Å². The molecule has 1 fully saturated rings. The van der Waals surface area contributed by atoms with Crippen LogP contribution in [0, 0.1) is 19.8 Å². The van der Waals surface area contributed by atoms with Crippen molar-refractivity contribution in [2.75, 3.05) is 13.1 Å². The molecule has 1 aliphatic rings. The number of likely N-dealkylation sites (tertiary alicyclic amines) is 1. The second-order valence-corrected chi connectivity index (χ2v) is 7.94. The number of carboxylic acid groups (broad SMARTS) is 1. The number of aromatic nitrogens is 3. The molecule has 2 aromatic heterocycles. The predicted molar refractivity (Wildman–Crippen MR) is 110 cm³/mol. The summed E-state index contributed by atoms with van der Waals surface area (Å²) in [5.41, 5.74) is 4.80. The maximum atomic E-state index is 12.7. The van der Waals surface area contributed by atoms with E-state index in [0.717, 1.165) is 46.3 Å². The molecule has 0 radical (unpaired) electrons. The number of aryl methyl sites for hydroxylation is 2. The summed E-state index contributed by atoms with van der Waals surface area (Å²) in [6.45, 7) is 5.32. The fourth-order valence-corrected chi connectivity index (χ4v) is 4.36. The first-order valence-electron chi connectivity index (χ1n) is 10.2. The van der Waals surface area contributed by atoms with E-state index in [2.05, 4.69) is 5.10 Å². The molecule has 4 rings (SSSR count). The van der Waals surface area contributed by atoms with Gasteiger partial charge in [-0.3, -0.25) is 9.59 Å². The average molecular weight is 394 g/mol. The van der Waals surface area contributed by atoms with Crippen LogP contribution in [0.2, 0.25) is 0 Å². The molecule has 0 unspecified atom stereocenters. The minimum absolute atomic E-state index is 0.128. The van der Waals surface area contributed by atoms with Crippen LogP contribution in [0.4, 0.5) is 0 Å². The van der Waals surface area contributed by atoms with E-state index in [1.165, 1.54) is 0 Å². The molecule has 7 nitrogen and oxygen atoms in total. The quantitative estimate of drug-likeness (QED) is 0.718. The molecule has 3 aromatic rings. The Morgan fingerprint density at radius 2 is 1.90 bits per heavy atom. The maximum Gasteiger partial charge on any atom is 0.303 e. The Bertz CT molecular complexity index is 1080. The van der Waals surface area contributed by atoms with Crippen molar-refractivity contribution < 1.29 is 14.7 Å². The topological polar surface area (TPSA) is 87.8 Å². The Hall–Kier alpha value is -2.96. The normalized spacial score (nSPS) is 15.3. The number of aliphatic carboxylic acids is 1. The zero-order chi connectivity index (χ0) is 20.5. The van der Waals surface area contributed by atoms with Crippen molar-refractivity contribution in [2.24, 2.45) is 5.92 Å². The Morgan fingerprint density at radius 3 is 2.62 bits per heavy atom. The minimum atomic E-state index is -0.755. The van der Waals surface area contributed by atoms with Crippen LogP contribution in [0.3, 0.4) is 0 Å².